The second-order valence-electron chi connectivity index (χ2n) is 7.78. The van der Waals surface area contributed by atoms with Gasteiger partial charge in [0.05, 0.1) is 23.1 Å². The molecule has 0 N–H and O–H groups in total. The summed E-state index contributed by atoms with van der Waals surface area (Å²) in [6.07, 6.45) is -3.63. The highest BCUT2D eigenvalue weighted by atomic mass is 35.5. The molecule has 0 bridgehead atoms. The molecule has 0 unspecified atom stereocenters. The molecule has 0 amide bonds. The van der Waals surface area contributed by atoms with E-state index in [0.717, 1.165) is 12.1 Å². The molecule has 0 aliphatic rings. The fraction of sp³-hybridized carbons (Fsp3) is 0.240. The average molecular weight is 526 g/mol. The van der Waals surface area contributed by atoms with Crippen LogP contribution in [0.1, 0.15) is 33.5 Å². The number of hydrogen-bond donors (Lipinski definition) is 0. The number of nitrogens with zero attached hydrogens (tertiary/aromatic N) is 1. The molecule has 0 aliphatic heterocycles. The molecule has 0 aliphatic carbocycles. The third-order valence-corrected chi connectivity index (χ3v) is 7.45. The van der Waals surface area contributed by atoms with Crippen LogP contribution in [0.25, 0.3) is 0 Å². The Labute approximate surface area is 207 Å². The highest BCUT2D eigenvalue weighted by Crippen LogP contribution is 2.29. The SMILES string of the molecule is COC(=O)c1ccc(CN(CCCc2ccc(C(F)(F)F)cc2)S(=O)(=O)c2ccc(Cl)cc2)cc1. The maximum atomic E-state index is 13.4. The molecule has 10 heteroatoms. The third kappa shape index (κ3) is 7.06. The lowest BCUT2D eigenvalue weighted by Crippen LogP contribution is -2.32. The second kappa shape index (κ2) is 11.2. The van der Waals surface area contributed by atoms with E-state index in [1.165, 1.54) is 47.8 Å². The van der Waals surface area contributed by atoms with E-state index in [-0.39, 0.29) is 18.0 Å². The Morgan fingerprint density at radius 1 is 0.914 bits per heavy atom. The topological polar surface area (TPSA) is 63.7 Å². The van der Waals surface area contributed by atoms with Gasteiger partial charge in [-0.1, -0.05) is 35.9 Å². The van der Waals surface area contributed by atoms with Crippen molar-refractivity contribution in [2.24, 2.45) is 0 Å². The number of halogens is 4. The minimum Gasteiger partial charge on any atom is -0.465 e. The summed E-state index contributed by atoms with van der Waals surface area (Å²) in [4.78, 5) is 11.7. The average Bonchev–Trinajstić information content (AvgIpc) is 2.83. The Kier molecular flexibility index (Phi) is 8.58. The van der Waals surface area contributed by atoms with Gasteiger partial charge in [-0.15, -0.1) is 0 Å². The van der Waals surface area contributed by atoms with E-state index >= 15 is 0 Å². The van der Waals surface area contributed by atoms with E-state index in [4.69, 9.17) is 11.6 Å². The fourth-order valence-corrected chi connectivity index (χ4v) is 5.02. The zero-order chi connectivity index (χ0) is 25.6. The molecule has 3 aromatic rings. The van der Waals surface area contributed by atoms with Gasteiger partial charge < -0.3 is 4.74 Å². The molecule has 0 heterocycles. The maximum Gasteiger partial charge on any atom is 0.416 e. The molecule has 0 fully saturated rings. The van der Waals surface area contributed by atoms with Gasteiger partial charge in [-0.3, -0.25) is 0 Å². The van der Waals surface area contributed by atoms with Crippen molar-refractivity contribution in [3.8, 4) is 0 Å². The molecular weight excluding hydrogens is 503 g/mol. The van der Waals surface area contributed by atoms with Crippen LogP contribution < -0.4 is 0 Å². The van der Waals surface area contributed by atoms with Gasteiger partial charge in [0.1, 0.15) is 0 Å². The first-order valence-corrected chi connectivity index (χ1v) is 12.4. The number of methoxy groups -OCH3 is 1. The Morgan fingerprint density at radius 2 is 1.49 bits per heavy atom. The van der Waals surface area contributed by atoms with Crippen LogP contribution in [0.2, 0.25) is 5.02 Å². The second-order valence-corrected chi connectivity index (χ2v) is 10.2. The molecule has 0 saturated heterocycles. The van der Waals surface area contributed by atoms with Gasteiger partial charge in [-0.25, -0.2) is 13.2 Å². The number of aryl methyl sites for hydroxylation is 1. The van der Waals surface area contributed by atoms with Crippen LogP contribution in [0.4, 0.5) is 13.2 Å². The maximum absolute atomic E-state index is 13.4. The first-order chi connectivity index (χ1) is 16.5. The quantitative estimate of drug-likeness (QED) is 0.323. The smallest absolute Gasteiger partial charge is 0.416 e. The van der Waals surface area contributed by atoms with Gasteiger partial charge in [0.25, 0.3) is 0 Å². The minimum atomic E-state index is -4.41. The van der Waals surface area contributed by atoms with Gasteiger partial charge in [-0.05, 0) is 72.5 Å². The normalized spacial score (nSPS) is 12.1. The summed E-state index contributed by atoms with van der Waals surface area (Å²) in [7, 11) is -2.62. The fourth-order valence-electron chi connectivity index (χ4n) is 3.43. The van der Waals surface area contributed by atoms with Crippen LogP contribution in [0.15, 0.2) is 77.7 Å². The Bertz CT molecular complexity index is 1240. The van der Waals surface area contributed by atoms with Crippen molar-refractivity contribution in [3.63, 3.8) is 0 Å². The number of hydrogen-bond acceptors (Lipinski definition) is 4. The van der Waals surface area contributed by atoms with Crippen molar-refractivity contribution in [1.82, 2.24) is 4.31 Å². The highest BCUT2D eigenvalue weighted by Gasteiger charge is 2.30. The summed E-state index contributed by atoms with van der Waals surface area (Å²) < 4.78 is 71.0. The van der Waals surface area contributed by atoms with Crippen LogP contribution in [0.5, 0.6) is 0 Å². The van der Waals surface area contributed by atoms with Crippen molar-refractivity contribution in [2.75, 3.05) is 13.7 Å². The zero-order valence-electron chi connectivity index (χ0n) is 18.8. The number of ether oxygens (including phenoxy) is 1. The summed E-state index contributed by atoms with van der Waals surface area (Å²) in [6, 6.07) is 17.0. The van der Waals surface area contributed by atoms with Crippen molar-refractivity contribution >= 4 is 27.6 Å². The first-order valence-electron chi connectivity index (χ1n) is 10.6. The molecule has 0 spiro atoms. The Morgan fingerprint density at radius 3 is 2.03 bits per heavy atom. The molecule has 35 heavy (non-hydrogen) atoms. The van der Waals surface area contributed by atoms with Gasteiger partial charge in [0, 0.05) is 18.1 Å². The molecule has 5 nitrogen and oxygen atoms in total. The van der Waals surface area contributed by atoms with Gasteiger partial charge >= 0.3 is 12.1 Å². The van der Waals surface area contributed by atoms with Crippen LogP contribution >= 0.6 is 11.6 Å². The van der Waals surface area contributed by atoms with Gasteiger partial charge in [0.15, 0.2) is 0 Å². The molecule has 186 valence electrons. The number of benzene rings is 3. The molecule has 3 aromatic carbocycles. The monoisotopic (exact) mass is 525 g/mol. The summed E-state index contributed by atoms with van der Waals surface area (Å²) in [5.74, 6) is -0.501. The lowest BCUT2D eigenvalue weighted by atomic mass is 10.1. The first kappa shape index (κ1) is 26.7. The minimum absolute atomic E-state index is 0.0411. The third-order valence-electron chi connectivity index (χ3n) is 5.34. The van der Waals surface area contributed by atoms with Gasteiger partial charge in [-0.2, -0.15) is 17.5 Å². The number of alkyl halides is 3. The predicted octanol–water partition coefficient (Wildman–Crippen LogP) is 5.97. The van der Waals surface area contributed by atoms with E-state index in [9.17, 15) is 26.4 Å². The van der Waals surface area contributed by atoms with Gasteiger partial charge in [0.2, 0.25) is 10.0 Å². The van der Waals surface area contributed by atoms with E-state index in [1.54, 1.807) is 24.3 Å². The predicted molar refractivity (Wildman–Crippen MR) is 127 cm³/mol. The van der Waals surface area contributed by atoms with E-state index in [0.29, 0.717) is 34.6 Å². The summed E-state index contributed by atoms with van der Waals surface area (Å²) in [6.45, 7) is 0.171. The van der Waals surface area contributed by atoms with Crippen LogP contribution in [-0.2, 0) is 33.9 Å². The lowest BCUT2D eigenvalue weighted by Gasteiger charge is -2.23. The summed E-state index contributed by atoms with van der Waals surface area (Å²) in [5, 5.41) is 0.399. The number of carbonyl (C=O) groups is 1. The zero-order valence-corrected chi connectivity index (χ0v) is 20.3. The van der Waals surface area contributed by atoms with E-state index in [1.807, 2.05) is 0 Å². The van der Waals surface area contributed by atoms with Crippen LogP contribution in [0.3, 0.4) is 0 Å². The van der Waals surface area contributed by atoms with Crippen LogP contribution in [0, 0.1) is 0 Å². The van der Waals surface area contributed by atoms with Crippen molar-refractivity contribution in [3.05, 3.63) is 100 Å². The van der Waals surface area contributed by atoms with Crippen LogP contribution in [-0.4, -0.2) is 32.3 Å². The largest absolute Gasteiger partial charge is 0.465 e. The Balaban J connectivity index is 1.78. The van der Waals surface area contributed by atoms with Crippen molar-refractivity contribution < 1.29 is 31.1 Å². The molecule has 0 atom stereocenters. The molecule has 0 aromatic heterocycles. The molecule has 0 radical (unpaired) electrons. The van der Waals surface area contributed by atoms with Crippen molar-refractivity contribution in [1.29, 1.82) is 0 Å². The number of rotatable bonds is 9. The highest BCUT2D eigenvalue weighted by molar-refractivity contribution is 7.89. The van der Waals surface area contributed by atoms with E-state index in [2.05, 4.69) is 4.74 Å². The summed E-state index contributed by atoms with van der Waals surface area (Å²) >= 11 is 5.90. The number of carbonyl (C=O) groups excluding carboxylic acids is 1. The summed E-state index contributed by atoms with van der Waals surface area (Å²) in [5.41, 5.74) is 0.934. The standard InChI is InChI=1S/C25H23ClF3NO4S/c1-34-24(31)20-8-4-19(5-9-20)17-30(35(32,33)23-14-12-22(26)13-15-23)16-2-3-18-6-10-21(11-7-18)25(27,28)29/h4-15H,2-3,16-17H2,1H3. The Hall–Kier alpha value is -2.88. The molecular formula is C25H23ClF3NO4S. The van der Waals surface area contributed by atoms with Crippen molar-refractivity contribution in [2.45, 2.75) is 30.5 Å². The number of sulfonamides is 1. The number of esters is 1. The lowest BCUT2D eigenvalue weighted by molar-refractivity contribution is -0.137. The molecule has 0 saturated carbocycles. The molecule has 3 rings (SSSR count). The van der Waals surface area contributed by atoms with E-state index < -0.39 is 27.7 Å².